The minimum absolute atomic E-state index is 0.526. The normalized spacial score (nSPS) is 11.3. The molecule has 18 heavy (non-hydrogen) atoms. The number of hydrogen-bond acceptors (Lipinski definition) is 2. The molecule has 0 aromatic heterocycles. The Bertz CT molecular complexity index is 427. The number of aryl methyl sites for hydroxylation is 1. The molecule has 3 nitrogen and oxygen atoms in total. The van der Waals surface area contributed by atoms with Gasteiger partial charge in [-0.15, -0.1) is 0 Å². The molecule has 1 aromatic carbocycles. The van der Waals surface area contributed by atoms with Crippen molar-refractivity contribution in [3.63, 3.8) is 0 Å². The van der Waals surface area contributed by atoms with E-state index in [1.165, 1.54) is 5.56 Å². The maximum atomic E-state index is 10.9. The number of halogens is 1. The van der Waals surface area contributed by atoms with Crippen LogP contribution in [0.25, 0.3) is 0 Å². The van der Waals surface area contributed by atoms with Crippen LogP contribution in [0, 0.1) is 12.3 Å². The summed E-state index contributed by atoms with van der Waals surface area (Å²) in [5.74, 6) is 0.0350. The lowest BCUT2D eigenvalue weighted by atomic mass is 9.88. The number of benzene rings is 1. The number of carboxylic acids is 1. The third-order valence-electron chi connectivity index (χ3n) is 2.87. The molecule has 1 aromatic rings. The second-order valence-electron chi connectivity index (χ2n) is 5.07. The number of carbonyl (C=O) groups is 1. The zero-order valence-corrected chi connectivity index (χ0v) is 12.6. The minimum Gasteiger partial charge on any atom is -0.492 e. The fraction of sp³-hybridized carbons (Fsp3) is 0.500. The van der Waals surface area contributed by atoms with Crippen LogP contribution in [0.5, 0.6) is 5.75 Å². The smallest absolute Gasteiger partial charge is 0.309 e. The number of aliphatic carboxylic acids is 1. The van der Waals surface area contributed by atoms with E-state index in [9.17, 15) is 4.79 Å². The van der Waals surface area contributed by atoms with Crippen molar-refractivity contribution in [3.8, 4) is 5.75 Å². The van der Waals surface area contributed by atoms with Crippen molar-refractivity contribution in [2.45, 2.75) is 33.6 Å². The summed E-state index contributed by atoms with van der Waals surface area (Å²) in [6.07, 6.45) is 1.32. The average Bonchev–Trinajstić information content (AvgIpc) is 2.26. The van der Waals surface area contributed by atoms with Gasteiger partial charge in [0.25, 0.3) is 0 Å². The molecule has 4 heteroatoms. The Morgan fingerprint density at radius 2 is 2.11 bits per heavy atom. The van der Waals surface area contributed by atoms with E-state index in [1.54, 1.807) is 13.8 Å². The van der Waals surface area contributed by atoms with Crippen LogP contribution in [-0.4, -0.2) is 17.7 Å². The van der Waals surface area contributed by atoms with E-state index >= 15 is 0 Å². The number of rotatable bonds is 6. The Labute approximate surface area is 116 Å². The SMILES string of the molecule is Cc1ccc(OCCCC(C)(C)C(=O)O)c(Br)c1. The van der Waals surface area contributed by atoms with Crippen LogP contribution in [0.3, 0.4) is 0 Å². The van der Waals surface area contributed by atoms with Crippen LogP contribution in [0.2, 0.25) is 0 Å². The number of carboxylic acid groups (broad SMARTS) is 1. The van der Waals surface area contributed by atoms with Gasteiger partial charge in [0.2, 0.25) is 0 Å². The molecule has 0 spiro atoms. The summed E-state index contributed by atoms with van der Waals surface area (Å²) in [5, 5.41) is 8.98. The highest BCUT2D eigenvalue weighted by molar-refractivity contribution is 9.10. The molecule has 0 heterocycles. The van der Waals surface area contributed by atoms with Crippen molar-refractivity contribution in [1.29, 1.82) is 0 Å². The van der Waals surface area contributed by atoms with Gasteiger partial charge in [-0.25, -0.2) is 0 Å². The minimum atomic E-state index is -0.765. The number of hydrogen-bond donors (Lipinski definition) is 1. The quantitative estimate of drug-likeness (QED) is 0.806. The van der Waals surface area contributed by atoms with E-state index in [0.29, 0.717) is 13.0 Å². The summed E-state index contributed by atoms with van der Waals surface area (Å²) in [6, 6.07) is 5.90. The molecule has 0 saturated heterocycles. The predicted octanol–water partition coefficient (Wildman–Crippen LogP) is 4.03. The van der Waals surface area contributed by atoms with Crippen molar-refractivity contribution in [1.82, 2.24) is 0 Å². The van der Waals surface area contributed by atoms with Gasteiger partial charge >= 0.3 is 5.97 Å². The molecule has 0 unspecified atom stereocenters. The van der Waals surface area contributed by atoms with Gasteiger partial charge < -0.3 is 9.84 Å². The van der Waals surface area contributed by atoms with E-state index in [-0.39, 0.29) is 0 Å². The molecule has 0 fully saturated rings. The fourth-order valence-corrected chi connectivity index (χ4v) is 2.13. The number of ether oxygens (including phenoxy) is 1. The Hall–Kier alpha value is -1.03. The van der Waals surface area contributed by atoms with E-state index in [2.05, 4.69) is 15.9 Å². The molecule has 0 saturated carbocycles. The van der Waals surface area contributed by atoms with E-state index < -0.39 is 11.4 Å². The van der Waals surface area contributed by atoms with Gasteiger partial charge in [-0.3, -0.25) is 4.79 Å². The molecular formula is C14H19BrO3. The first kappa shape index (κ1) is 15.0. The average molecular weight is 315 g/mol. The highest BCUT2D eigenvalue weighted by atomic mass is 79.9. The zero-order chi connectivity index (χ0) is 13.8. The molecule has 0 atom stereocenters. The molecule has 0 aliphatic heterocycles. The van der Waals surface area contributed by atoms with E-state index in [1.807, 2.05) is 25.1 Å². The van der Waals surface area contributed by atoms with Crippen molar-refractivity contribution in [2.75, 3.05) is 6.61 Å². The summed E-state index contributed by atoms with van der Waals surface area (Å²) in [4.78, 5) is 10.9. The first-order chi connectivity index (χ1) is 8.33. The maximum absolute atomic E-state index is 10.9. The molecule has 1 rings (SSSR count). The van der Waals surface area contributed by atoms with Crippen LogP contribution in [0.4, 0.5) is 0 Å². The lowest BCUT2D eigenvalue weighted by molar-refractivity contribution is -0.147. The van der Waals surface area contributed by atoms with Crippen molar-refractivity contribution in [2.24, 2.45) is 5.41 Å². The molecule has 0 aliphatic carbocycles. The summed E-state index contributed by atoms with van der Waals surface area (Å²) < 4.78 is 6.56. The van der Waals surface area contributed by atoms with Crippen LogP contribution < -0.4 is 4.74 Å². The third-order valence-corrected chi connectivity index (χ3v) is 3.49. The van der Waals surface area contributed by atoms with Crippen LogP contribution in [0.1, 0.15) is 32.3 Å². The molecule has 1 N–H and O–H groups in total. The van der Waals surface area contributed by atoms with Gasteiger partial charge in [0, 0.05) is 0 Å². The largest absolute Gasteiger partial charge is 0.492 e. The van der Waals surface area contributed by atoms with Gasteiger partial charge in [0.05, 0.1) is 16.5 Å². The van der Waals surface area contributed by atoms with E-state index in [0.717, 1.165) is 16.6 Å². The third kappa shape index (κ3) is 4.33. The second-order valence-corrected chi connectivity index (χ2v) is 5.93. The van der Waals surface area contributed by atoms with Gasteiger partial charge in [0.1, 0.15) is 5.75 Å². The van der Waals surface area contributed by atoms with Gasteiger partial charge in [-0.05, 0) is 67.2 Å². The highest BCUT2D eigenvalue weighted by Crippen LogP contribution is 2.27. The Kier molecular flexibility index (Phi) is 5.20. The first-order valence-electron chi connectivity index (χ1n) is 5.95. The van der Waals surface area contributed by atoms with Gasteiger partial charge in [0.15, 0.2) is 0 Å². The molecule has 0 aliphatic rings. The topological polar surface area (TPSA) is 46.5 Å². The first-order valence-corrected chi connectivity index (χ1v) is 6.74. The molecule has 0 radical (unpaired) electrons. The van der Waals surface area contributed by atoms with Crippen LogP contribution >= 0.6 is 15.9 Å². The van der Waals surface area contributed by atoms with Crippen molar-refractivity contribution < 1.29 is 14.6 Å². The Morgan fingerprint density at radius 3 is 2.67 bits per heavy atom. The molecular weight excluding hydrogens is 296 g/mol. The molecule has 0 amide bonds. The standard InChI is InChI=1S/C14H19BrO3/c1-10-5-6-12(11(15)9-10)18-8-4-7-14(2,3)13(16)17/h5-6,9H,4,7-8H2,1-3H3,(H,16,17). The maximum Gasteiger partial charge on any atom is 0.309 e. The summed E-state index contributed by atoms with van der Waals surface area (Å²) in [7, 11) is 0. The van der Waals surface area contributed by atoms with Crippen molar-refractivity contribution >= 4 is 21.9 Å². The van der Waals surface area contributed by atoms with Crippen LogP contribution in [0.15, 0.2) is 22.7 Å². The summed E-state index contributed by atoms with van der Waals surface area (Å²) in [6.45, 7) is 6.01. The second kappa shape index (κ2) is 6.23. The summed E-state index contributed by atoms with van der Waals surface area (Å²) in [5.41, 5.74) is 0.481. The molecule has 0 bridgehead atoms. The summed E-state index contributed by atoms with van der Waals surface area (Å²) >= 11 is 3.44. The zero-order valence-electron chi connectivity index (χ0n) is 11.0. The van der Waals surface area contributed by atoms with E-state index in [4.69, 9.17) is 9.84 Å². The molecule has 100 valence electrons. The van der Waals surface area contributed by atoms with Gasteiger partial charge in [-0.1, -0.05) is 6.07 Å². The monoisotopic (exact) mass is 314 g/mol. The van der Waals surface area contributed by atoms with Gasteiger partial charge in [-0.2, -0.15) is 0 Å². The van der Waals surface area contributed by atoms with Crippen molar-refractivity contribution in [3.05, 3.63) is 28.2 Å². The lowest BCUT2D eigenvalue weighted by Gasteiger charge is -2.18. The fourth-order valence-electron chi connectivity index (χ4n) is 1.53. The Morgan fingerprint density at radius 1 is 1.44 bits per heavy atom. The predicted molar refractivity (Wildman–Crippen MR) is 75.0 cm³/mol. The lowest BCUT2D eigenvalue weighted by Crippen LogP contribution is -2.24. The van der Waals surface area contributed by atoms with Crippen LogP contribution in [-0.2, 0) is 4.79 Å². The Balaban J connectivity index is 2.41. The highest BCUT2D eigenvalue weighted by Gasteiger charge is 2.26.